The van der Waals surface area contributed by atoms with E-state index in [0.717, 1.165) is 37.4 Å². The molecule has 4 nitrogen and oxygen atoms in total. The van der Waals surface area contributed by atoms with Crippen LogP contribution in [0.15, 0.2) is 30.5 Å². The van der Waals surface area contributed by atoms with Crippen molar-refractivity contribution >= 4 is 11.7 Å². The molecule has 2 aromatic rings. The van der Waals surface area contributed by atoms with E-state index in [1.54, 1.807) is 0 Å². The first kappa shape index (κ1) is 14.9. The van der Waals surface area contributed by atoms with Crippen LogP contribution in [-0.4, -0.2) is 21.9 Å². The quantitative estimate of drug-likeness (QED) is 0.809. The van der Waals surface area contributed by atoms with Crippen LogP contribution in [0.4, 0.5) is 0 Å². The highest BCUT2D eigenvalue weighted by atomic mass is 32.1. The summed E-state index contributed by atoms with van der Waals surface area (Å²) in [6.07, 6.45) is 3.94. The summed E-state index contributed by atoms with van der Waals surface area (Å²) in [6, 6.07) is 8.33. The lowest BCUT2D eigenvalue weighted by atomic mass is 10.0. The molecule has 1 aromatic carbocycles. The molecule has 1 aromatic heterocycles. The Hall–Kier alpha value is -1.46. The van der Waals surface area contributed by atoms with Gasteiger partial charge in [-0.25, -0.2) is 0 Å². The van der Waals surface area contributed by atoms with Crippen molar-refractivity contribution in [1.82, 2.24) is 14.1 Å². The lowest BCUT2D eigenvalue weighted by molar-refractivity contribution is 0.317. The molecule has 0 aliphatic heterocycles. The van der Waals surface area contributed by atoms with Gasteiger partial charge < -0.3 is 10.1 Å². The highest BCUT2D eigenvalue weighted by molar-refractivity contribution is 6.99. The fourth-order valence-corrected chi connectivity index (χ4v) is 2.41. The van der Waals surface area contributed by atoms with Gasteiger partial charge in [0, 0.05) is 0 Å². The standard InChI is InChI=1S/C15H21N3OS/c1-3-9-16-15(14-11-17-20-18-14)12-5-7-13(8-6-12)19-10-4-2/h5-8,11,15-16H,3-4,9-10H2,1-2H3. The highest BCUT2D eigenvalue weighted by Gasteiger charge is 2.15. The normalized spacial score (nSPS) is 12.3. The third-order valence-corrected chi connectivity index (χ3v) is 3.45. The predicted octanol–water partition coefficient (Wildman–Crippen LogP) is 3.42. The van der Waals surface area contributed by atoms with Crippen LogP contribution in [-0.2, 0) is 0 Å². The Morgan fingerprint density at radius 1 is 1.20 bits per heavy atom. The van der Waals surface area contributed by atoms with Crippen LogP contribution in [0.25, 0.3) is 0 Å². The number of rotatable bonds is 8. The van der Waals surface area contributed by atoms with Crippen molar-refractivity contribution in [3.63, 3.8) is 0 Å². The maximum atomic E-state index is 5.62. The summed E-state index contributed by atoms with van der Waals surface area (Å²) in [5.74, 6) is 0.918. The van der Waals surface area contributed by atoms with Crippen molar-refractivity contribution in [1.29, 1.82) is 0 Å². The molecule has 2 rings (SSSR count). The van der Waals surface area contributed by atoms with Crippen LogP contribution >= 0.6 is 11.7 Å². The van der Waals surface area contributed by atoms with Gasteiger partial charge in [0.2, 0.25) is 0 Å². The van der Waals surface area contributed by atoms with Crippen molar-refractivity contribution in [2.45, 2.75) is 32.7 Å². The topological polar surface area (TPSA) is 47.0 Å². The van der Waals surface area contributed by atoms with Gasteiger partial charge in [0.1, 0.15) is 5.75 Å². The smallest absolute Gasteiger partial charge is 0.119 e. The van der Waals surface area contributed by atoms with E-state index in [4.69, 9.17) is 4.74 Å². The van der Waals surface area contributed by atoms with Gasteiger partial charge in [0.15, 0.2) is 0 Å². The molecule has 0 aliphatic carbocycles. The molecule has 1 N–H and O–H groups in total. The van der Waals surface area contributed by atoms with E-state index in [1.807, 2.05) is 18.3 Å². The molecule has 20 heavy (non-hydrogen) atoms. The van der Waals surface area contributed by atoms with E-state index < -0.39 is 0 Å². The molecule has 1 atom stereocenters. The van der Waals surface area contributed by atoms with E-state index >= 15 is 0 Å². The van der Waals surface area contributed by atoms with Gasteiger partial charge in [0.05, 0.1) is 36.3 Å². The monoisotopic (exact) mass is 291 g/mol. The molecule has 0 amide bonds. The largest absolute Gasteiger partial charge is 0.494 e. The number of hydrogen-bond donors (Lipinski definition) is 1. The molecule has 1 heterocycles. The molecule has 0 radical (unpaired) electrons. The average molecular weight is 291 g/mol. The number of benzene rings is 1. The summed E-state index contributed by atoms with van der Waals surface area (Å²) in [4.78, 5) is 0. The Kier molecular flexibility index (Phi) is 5.95. The third-order valence-electron chi connectivity index (χ3n) is 2.96. The first-order chi connectivity index (χ1) is 9.85. The van der Waals surface area contributed by atoms with Crippen molar-refractivity contribution in [3.8, 4) is 5.75 Å². The minimum atomic E-state index is 0.105. The first-order valence-corrected chi connectivity index (χ1v) is 7.81. The predicted molar refractivity (Wildman–Crippen MR) is 82.3 cm³/mol. The Labute approximate surface area is 124 Å². The molecular weight excluding hydrogens is 270 g/mol. The van der Waals surface area contributed by atoms with Gasteiger partial charge in [0.25, 0.3) is 0 Å². The number of nitrogens with zero attached hydrogens (tertiary/aromatic N) is 2. The number of hydrogen-bond acceptors (Lipinski definition) is 5. The Balaban J connectivity index is 2.12. The summed E-state index contributed by atoms with van der Waals surface area (Å²) >= 11 is 1.25. The van der Waals surface area contributed by atoms with E-state index in [0.29, 0.717) is 0 Å². The van der Waals surface area contributed by atoms with E-state index in [-0.39, 0.29) is 6.04 Å². The zero-order chi connectivity index (χ0) is 14.2. The van der Waals surface area contributed by atoms with Crippen molar-refractivity contribution in [2.24, 2.45) is 0 Å². The minimum Gasteiger partial charge on any atom is -0.494 e. The van der Waals surface area contributed by atoms with Crippen molar-refractivity contribution < 1.29 is 4.74 Å². The van der Waals surface area contributed by atoms with Gasteiger partial charge in [-0.3, -0.25) is 0 Å². The maximum Gasteiger partial charge on any atom is 0.119 e. The fourth-order valence-electron chi connectivity index (χ4n) is 1.96. The molecule has 0 spiro atoms. The molecule has 0 saturated carbocycles. The second-order valence-electron chi connectivity index (χ2n) is 4.64. The second-order valence-corrected chi connectivity index (χ2v) is 5.19. The molecule has 0 aliphatic rings. The van der Waals surface area contributed by atoms with Crippen LogP contribution in [0.3, 0.4) is 0 Å². The third kappa shape index (κ3) is 4.02. The number of ether oxygens (including phenoxy) is 1. The van der Waals surface area contributed by atoms with Crippen LogP contribution in [0.2, 0.25) is 0 Å². The van der Waals surface area contributed by atoms with Crippen molar-refractivity contribution in [3.05, 3.63) is 41.7 Å². The molecule has 0 saturated heterocycles. The highest BCUT2D eigenvalue weighted by Crippen LogP contribution is 2.23. The zero-order valence-electron chi connectivity index (χ0n) is 12.0. The molecule has 108 valence electrons. The lowest BCUT2D eigenvalue weighted by Gasteiger charge is -2.17. The summed E-state index contributed by atoms with van der Waals surface area (Å²) < 4.78 is 14.1. The molecular formula is C15H21N3OS. The summed E-state index contributed by atoms with van der Waals surface area (Å²) in [5, 5.41) is 3.51. The molecule has 1 unspecified atom stereocenters. The average Bonchev–Trinajstić information content (AvgIpc) is 3.01. The van der Waals surface area contributed by atoms with E-state index in [9.17, 15) is 0 Å². The summed E-state index contributed by atoms with van der Waals surface area (Å²) in [5.41, 5.74) is 2.17. The maximum absolute atomic E-state index is 5.62. The molecule has 5 heteroatoms. The van der Waals surface area contributed by atoms with Crippen molar-refractivity contribution in [2.75, 3.05) is 13.2 Å². The molecule has 0 fully saturated rings. The van der Waals surface area contributed by atoms with E-state index in [1.165, 1.54) is 17.3 Å². The number of nitrogens with one attached hydrogen (secondary N) is 1. The Morgan fingerprint density at radius 2 is 2.00 bits per heavy atom. The Morgan fingerprint density at radius 3 is 2.60 bits per heavy atom. The van der Waals surface area contributed by atoms with Gasteiger partial charge in [-0.1, -0.05) is 26.0 Å². The van der Waals surface area contributed by atoms with Gasteiger partial charge in [-0.2, -0.15) is 8.75 Å². The lowest BCUT2D eigenvalue weighted by Crippen LogP contribution is -2.23. The summed E-state index contributed by atoms with van der Waals surface area (Å²) in [7, 11) is 0. The second kappa shape index (κ2) is 7.97. The zero-order valence-corrected chi connectivity index (χ0v) is 12.8. The van der Waals surface area contributed by atoms with Crippen LogP contribution < -0.4 is 10.1 Å². The first-order valence-electron chi connectivity index (χ1n) is 7.08. The fraction of sp³-hybridized carbons (Fsp3) is 0.467. The SMILES string of the molecule is CCCNC(c1ccc(OCCC)cc1)c1cnsn1. The van der Waals surface area contributed by atoms with Gasteiger partial charge in [-0.15, -0.1) is 0 Å². The van der Waals surface area contributed by atoms with Crippen LogP contribution in [0.1, 0.15) is 44.0 Å². The molecule has 0 bridgehead atoms. The van der Waals surface area contributed by atoms with Crippen LogP contribution in [0, 0.1) is 0 Å². The minimum absolute atomic E-state index is 0.105. The number of aromatic nitrogens is 2. The van der Waals surface area contributed by atoms with Crippen LogP contribution in [0.5, 0.6) is 5.75 Å². The summed E-state index contributed by atoms with van der Waals surface area (Å²) in [6.45, 7) is 5.97. The van der Waals surface area contributed by atoms with Gasteiger partial charge in [-0.05, 0) is 37.1 Å². The van der Waals surface area contributed by atoms with E-state index in [2.05, 4.69) is 40.0 Å². The Bertz CT molecular complexity index is 484. The van der Waals surface area contributed by atoms with Gasteiger partial charge >= 0.3 is 0 Å².